The number of aldehydes is 1. The van der Waals surface area contributed by atoms with Gasteiger partial charge < -0.3 is 24.1 Å². The van der Waals surface area contributed by atoms with E-state index in [1.54, 1.807) is 6.07 Å². The summed E-state index contributed by atoms with van der Waals surface area (Å²) in [5.74, 6) is 0. The number of nitrogens with zero attached hydrogens (tertiary/aromatic N) is 3. The van der Waals surface area contributed by atoms with Gasteiger partial charge in [0.15, 0.2) is 0 Å². The Morgan fingerprint density at radius 2 is 1.78 bits per heavy atom. The summed E-state index contributed by atoms with van der Waals surface area (Å²) in [7, 11) is 0. The highest BCUT2D eigenvalue weighted by atomic mass is 16.6. The summed E-state index contributed by atoms with van der Waals surface area (Å²) in [6, 6.07) is 4.58. The molecule has 2 aliphatic rings. The van der Waals surface area contributed by atoms with Gasteiger partial charge in [-0.15, -0.1) is 0 Å². The molecule has 23 heavy (non-hydrogen) atoms. The predicted octanol–water partition coefficient (Wildman–Crippen LogP) is 0.835. The first-order valence-corrected chi connectivity index (χ1v) is 7.61. The number of carbonyl (C=O) groups is 1. The lowest BCUT2D eigenvalue weighted by molar-refractivity contribution is -0.384. The summed E-state index contributed by atoms with van der Waals surface area (Å²) in [6.07, 6.45) is 0.826. The molecule has 1 aromatic rings. The summed E-state index contributed by atoms with van der Waals surface area (Å²) in [6.45, 7) is 3.94. The Labute approximate surface area is 133 Å². The number of benzene rings is 1. The van der Waals surface area contributed by atoms with E-state index in [1.807, 2.05) is 11.0 Å². The Balaban J connectivity index is 1.96. The average Bonchev–Trinajstić information content (AvgIpc) is 2.62. The molecule has 0 bridgehead atoms. The van der Waals surface area contributed by atoms with Crippen LogP contribution in [0.15, 0.2) is 18.2 Å². The van der Waals surface area contributed by atoms with E-state index in [0.29, 0.717) is 51.7 Å². The molecule has 2 saturated heterocycles. The van der Waals surface area contributed by atoms with Crippen LogP contribution in [0.4, 0.5) is 17.1 Å². The van der Waals surface area contributed by atoms with E-state index in [-0.39, 0.29) is 5.69 Å². The molecule has 0 amide bonds. The van der Waals surface area contributed by atoms with Crippen LogP contribution in [-0.2, 0) is 14.3 Å². The number of hydrogen-bond acceptors (Lipinski definition) is 7. The lowest BCUT2D eigenvalue weighted by Crippen LogP contribution is -2.46. The van der Waals surface area contributed by atoms with Gasteiger partial charge in [-0.3, -0.25) is 10.1 Å². The third-order valence-electron chi connectivity index (χ3n) is 4.13. The van der Waals surface area contributed by atoms with E-state index in [1.165, 1.54) is 6.07 Å². The summed E-state index contributed by atoms with van der Waals surface area (Å²) < 4.78 is 10.6. The van der Waals surface area contributed by atoms with Gasteiger partial charge in [0.05, 0.1) is 31.4 Å². The highest BCUT2D eigenvalue weighted by Gasteiger charge is 2.25. The topological polar surface area (TPSA) is 85.2 Å². The molecule has 1 aromatic carbocycles. The van der Waals surface area contributed by atoms with E-state index in [0.717, 1.165) is 12.0 Å². The lowest BCUT2D eigenvalue weighted by Gasteiger charge is -2.35. The second-order valence-corrected chi connectivity index (χ2v) is 5.54. The van der Waals surface area contributed by atoms with Gasteiger partial charge in [-0.2, -0.15) is 0 Å². The molecule has 3 rings (SSSR count). The first-order valence-electron chi connectivity index (χ1n) is 7.61. The van der Waals surface area contributed by atoms with Crippen LogP contribution in [0.3, 0.4) is 0 Å². The summed E-state index contributed by atoms with van der Waals surface area (Å²) in [5.41, 5.74) is 1.50. The van der Waals surface area contributed by atoms with Crippen molar-refractivity contribution in [2.45, 2.75) is 6.04 Å². The SMILES string of the molecule is O=CC1COCCN1c1cc(N2CCOCC2)cc([N+](=O)[O-])c1. The maximum absolute atomic E-state index is 11.3. The van der Waals surface area contributed by atoms with Gasteiger partial charge in [-0.05, 0) is 6.07 Å². The van der Waals surface area contributed by atoms with Crippen molar-refractivity contribution >= 4 is 23.3 Å². The van der Waals surface area contributed by atoms with Crippen molar-refractivity contribution in [2.75, 3.05) is 55.9 Å². The zero-order valence-electron chi connectivity index (χ0n) is 12.7. The van der Waals surface area contributed by atoms with Crippen molar-refractivity contribution in [2.24, 2.45) is 0 Å². The minimum atomic E-state index is -0.414. The number of non-ortho nitro benzene ring substituents is 1. The van der Waals surface area contributed by atoms with Crippen LogP contribution in [0.2, 0.25) is 0 Å². The number of nitro benzene ring substituents is 1. The highest BCUT2D eigenvalue weighted by Crippen LogP contribution is 2.31. The van der Waals surface area contributed by atoms with Crippen LogP contribution in [0, 0.1) is 10.1 Å². The molecule has 0 saturated carbocycles. The molecular weight excluding hydrogens is 302 g/mol. The van der Waals surface area contributed by atoms with Crippen LogP contribution < -0.4 is 9.80 Å². The second-order valence-electron chi connectivity index (χ2n) is 5.54. The minimum absolute atomic E-state index is 0.0279. The zero-order chi connectivity index (χ0) is 16.2. The van der Waals surface area contributed by atoms with Gasteiger partial charge in [0, 0.05) is 43.1 Å². The van der Waals surface area contributed by atoms with Crippen molar-refractivity contribution in [3.05, 3.63) is 28.3 Å². The summed E-state index contributed by atoms with van der Waals surface area (Å²) >= 11 is 0. The monoisotopic (exact) mass is 321 g/mol. The smallest absolute Gasteiger partial charge is 0.273 e. The third kappa shape index (κ3) is 3.43. The van der Waals surface area contributed by atoms with Crippen molar-refractivity contribution < 1.29 is 19.2 Å². The van der Waals surface area contributed by atoms with Gasteiger partial charge in [0.25, 0.3) is 5.69 Å². The van der Waals surface area contributed by atoms with E-state index < -0.39 is 11.0 Å². The Morgan fingerprint density at radius 1 is 1.09 bits per heavy atom. The fourth-order valence-electron chi connectivity index (χ4n) is 2.91. The van der Waals surface area contributed by atoms with E-state index in [4.69, 9.17) is 9.47 Å². The molecule has 8 nitrogen and oxygen atoms in total. The van der Waals surface area contributed by atoms with Crippen molar-refractivity contribution in [1.82, 2.24) is 0 Å². The molecule has 2 fully saturated rings. The first kappa shape index (κ1) is 15.7. The molecule has 1 atom stereocenters. The summed E-state index contributed by atoms with van der Waals surface area (Å²) in [5, 5.41) is 11.3. The molecule has 2 heterocycles. The molecule has 2 aliphatic heterocycles. The van der Waals surface area contributed by atoms with Crippen LogP contribution in [0.5, 0.6) is 0 Å². The number of hydrogen-bond donors (Lipinski definition) is 0. The number of morpholine rings is 2. The molecule has 8 heteroatoms. The second kappa shape index (κ2) is 6.93. The molecule has 1 unspecified atom stereocenters. The first-order chi connectivity index (χ1) is 11.2. The van der Waals surface area contributed by atoms with Crippen LogP contribution in [0.1, 0.15) is 0 Å². The van der Waals surface area contributed by atoms with Crippen LogP contribution >= 0.6 is 0 Å². The number of rotatable bonds is 4. The largest absolute Gasteiger partial charge is 0.378 e. The van der Waals surface area contributed by atoms with E-state index in [9.17, 15) is 14.9 Å². The Hall–Kier alpha value is -2.19. The van der Waals surface area contributed by atoms with Gasteiger partial charge in [-0.25, -0.2) is 0 Å². The zero-order valence-corrected chi connectivity index (χ0v) is 12.7. The standard InChI is InChI=1S/C15H19N3O5/c19-10-15-11-23-6-3-17(15)13-7-12(8-14(9-13)18(20)21)16-1-4-22-5-2-16/h7-10,15H,1-6,11H2. The van der Waals surface area contributed by atoms with Gasteiger partial charge in [0.1, 0.15) is 12.3 Å². The average molecular weight is 321 g/mol. The number of anilines is 2. The van der Waals surface area contributed by atoms with Crippen molar-refractivity contribution in [3.63, 3.8) is 0 Å². The quantitative estimate of drug-likeness (QED) is 0.461. The minimum Gasteiger partial charge on any atom is -0.378 e. The Kier molecular flexibility index (Phi) is 4.73. The Morgan fingerprint density at radius 3 is 2.48 bits per heavy atom. The number of ether oxygens (including phenoxy) is 2. The molecule has 0 spiro atoms. The molecule has 0 N–H and O–H groups in total. The van der Waals surface area contributed by atoms with E-state index >= 15 is 0 Å². The maximum atomic E-state index is 11.3. The fraction of sp³-hybridized carbons (Fsp3) is 0.533. The predicted molar refractivity (Wildman–Crippen MR) is 84.1 cm³/mol. The van der Waals surface area contributed by atoms with Gasteiger partial charge >= 0.3 is 0 Å². The fourth-order valence-corrected chi connectivity index (χ4v) is 2.91. The number of carbonyl (C=O) groups excluding carboxylic acids is 1. The highest BCUT2D eigenvalue weighted by molar-refractivity contribution is 5.71. The molecule has 124 valence electrons. The van der Waals surface area contributed by atoms with Crippen molar-refractivity contribution in [1.29, 1.82) is 0 Å². The van der Waals surface area contributed by atoms with Gasteiger partial charge in [0.2, 0.25) is 0 Å². The lowest BCUT2D eigenvalue weighted by atomic mass is 10.1. The van der Waals surface area contributed by atoms with Crippen molar-refractivity contribution in [3.8, 4) is 0 Å². The Bertz CT molecular complexity index is 588. The number of nitro groups is 1. The van der Waals surface area contributed by atoms with Crippen LogP contribution in [-0.4, -0.2) is 63.3 Å². The normalized spacial score (nSPS) is 22.0. The third-order valence-corrected chi connectivity index (χ3v) is 4.13. The van der Waals surface area contributed by atoms with Crippen LogP contribution in [0.25, 0.3) is 0 Å². The molecular formula is C15H19N3O5. The molecule has 0 aromatic heterocycles. The summed E-state index contributed by atoms with van der Waals surface area (Å²) in [4.78, 5) is 26.1. The maximum Gasteiger partial charge on any atom is 0.273 e. The van der Waals surface area contributed by atoms with Gasteiger partial charge in [-0.1, -0.05) is 0 Å². The molecule has 0 radical (unpaired) electrons. The molecule has 0 aliphatic carbocycles. The van der Waals surface area contributed by atoms with E-state index in [2.05, 4.69) is 4.90 Å².